The maximum atomic E-state index is 13.0. The highest BCUT2D eigenvalue weighted by atomic mass is 16.2. The maximum absolute atomic E-state index is 13.0. The van der Waals surface area contributed by atoms with Crippen LogP contribution in [0.25, 0.3) is 16.9 Å². The van der Waals surface area contributed by atoms with Crippen molar-refractivity contribution in [3.8, 4) is 16.9 Å². The van der Waals surface area contributed by atoms with E-state index in [9.17, 15) is 9.59 Å². The second-order valence-corrected chi connectivity index (χ2v) is 7.70. The van der Waals surface area contributed by atoms with E-state index in [2.05, 4.69) is 10.3 Å². The van der Waals surface area contributed by atoms with Gasteiger partial charge in [-0.1, -0.05) is 66.7 Å². The van der Waals surface area contributed by atoms with E-state index in [-0.39, 0.29) is 18.4 Å². The van der Waals surface area contributed by atoms with Crippen LogP contribution in [0.15, 0.2) is 91.1 Å². The van der Waals surface area contributed by atoms with E-state index in [0.717, 1.165) is 22.5 Å². The molecule has 6 nitrogen and oxygen atoms in total. The lowest BCUT2D eigenvalue weighted by molar-refractivity contribution is -0.116. The van der Waals surface area contributed by atoms with Crippen molar-refractivity contribution in [3.63, 3.8) is 0 Å². The molecule has 0 saturated carbocycles. The summed E-state index contributed by atoms with van der Waals surface area (Å²) in [5, 5.41) is 2.90. The molecule has 0 unspecified atom stereocenters. The molecule has 4 aromatic rings. The van der Waals surface area contributed by atoms with Crippen molar-refractivity contribution < 1.29 is 9.59 Å². The van der Waals surface area contributed by atoms with Crippen LogP contribution in [0.1, 0.15) is 22.8 Å². The number of anilines is 1. The Labute approximate surface area is 193 Å². The minimum atomic E-state index is -0.304. The first kappa shape index (κ1) is 22.0. The first-order valence-electron chi connectivity index (χ1n) is 10.9. The molecule has 4 rings (SSSR count). The zero-order chi connectivity index (χ0) is 23.2. The number of carbonyl (C=O) groups excluding carboxylic acids is 2. The largest absolute Gasteiger partial charge is 0.330 e. The standard InChI is InChI=1S/C27H26N4O2/c1-3-30(26(33)23-17-11-10-12-20(23)2)19-25(32)29-27-28-24(21-13-6-4-7-14-21)18-31(27)22-15-8-5-9-16-22/h4-18H,3,19H2,1-2H3,(H,28,29,32). The third kappa shape index (κ3) is 5.01. The number of nitrogens with zero attached hydrogens (tertiary/aromatic N) is 3. The molecule has 33 heavy (non-hydrogen) atoms. The Morgan fingerprint density at radius 2 is 1.55 bits per heavy atom. The summed E-state index contributed by atoms with van der Waals surface area (Å²) in [4.78, 5) is 32.2. The zero-order valence-corrected chi connectivity index (χ0v) is 18.7. The van der Waals surface area contributed by atoms with Crippen LogP contribution in [0, 0.1) is 6.92 Å². The number of para-hydroxylation sites is 1. The van der Waals surface area contributed by atoms with Crippen molar-refractivity contribution in [1.82, 2.24) is 14.5 Å². The van der Waals surface area contributed by atoms with Crippen LogP contribution < -0.4 is 5.32 Å². The van der Waals surface area contributed by atoms with Gasteiger partial charge in [0.2, 0.25) is 11.9 Å². The van der Waals surface area contributed by atoms with E-state index in [4.69, 9.17) is 0 Å². The van der Waals surface area contributed by atoms with Crippen LogP contribution in [-0.2, 0) is 4.79 Å². The third-order valence-corrected chi connectivity index (χ3v) is 5.44. The summed E-state index contributed by atoms with van der Waals surface area (Å²) in [6.45, 7) is 4.11. The number of amides is 2. The lowest BCUT2D eigenvalue weighted by atomic mass is 10.1. The number of aromatic nitrogens is 2. The Hall–Kier alpha value is -4.19. The van der Waals surface area contributed by atoms with Crippen LogP contribution in [0.4, 0.5) is 5.95 Å². The lowest BCUT2D eigenvalue weighted by Crippen LogP contribution is -2.38. The number of imidazole rings is 1. The summed E-state index contributed by atoms with van der Waals surface area (Å²) >= 11 is 0. The highest BCUT2D eigenvalue weighted by Crippen LogP contribution is 2.24. The monoisotopic (exact) mass is 438 g/mol. The molecule has 3 aromatic carbocycles. The van der Waals surface area contributed by atoms with E-state index in [1.807, 2.05) is 103 Å². The smallest absolute Gasteiger partial charge is 0.254 e. The number of carbonyl (C=O) groups is 2. The van der Waals surface area contributed by atoms with Gasteiger partial charge in [0.05, 0.1) is 5.69 Å². The lowest BCUT2D eigenvalue weighted by Gasteiger charge is -2.21. The average Bonchev–Trinajstić information content (AvgIpc) is 3.27. The molecule has 1 aromatic heterocycles. The molecule has 0 atom stereocenters. The van der Waals surface area contributed by atoms with Gasteiger partial charge in [0, 0.05) is 29.6 Å². The van der Waals surface area contributed by atoms with Gasteiger partial charge in [-0.15, -0.1) is 0 Å². The number of hydrogen-bond acceptors (Lipinski definition) is 3. The normalized spacial score (nSPS) is 10.6. The van der Waals surface area contributed by atoms with Crippen LogP contribution in [0.5, 0.6) is 0 Å². The van der Waals surface area contributed by atoms with Gasteiger partial charge in [-0.3, -0.25) is 19.5 Å². The zero-order valence-electron chi connectivity index (χ0n) is 18.7. The Kier molecular flexibility index (Phi) is 6.64. The van der Waals surface area contributed by atoms with E-state index >= 15 is 0 Å². The van der Waals surface area contributed by atoms with Gasteiger partial charge < -0.3 is 4.90 Å². The molecule has 2 amide bonds. The number of rotatable bonds is 7. The summed E-state index contributed by atoms with van der Waals surface area (Å²) in [6, 6.07) is 26.9. The SMILES string of the molecule is CCN(CC(=O)Nc1nc(-c2ccccc2)cn1-c1ccccc1)C(=O)c1ccccc1C. The molecule has 0 aliphatic carbocycles. The molecule has 1 N–H and O–H groups in total. The van der Waals surface area contributed by atoms with E-state index < -0.39 is 0 Å². The summed E-state index contributed by atoms with van der Waals surface area (Å²) < 4.78 is 1.85. The fourth-order valence-electron chi connectivity index (χ4n) is 3.65. The number of benzene rings is 3. The number of nitrogens with one attached hydrogen (secondary N) is 1. The maximum Gasteiger partial charge on any atom is 0.254 e. The minimum absolute atomic E-state index is 0.0635. The molecule has 0 saturated heterocycles. The summed E-state index contributed by atoms with van der Waals surface area (Å²) in [7, 11) is 0. The number of aryl methyl sites for hydroxylation is 1. The third-order valence-electron chi connectivity index (χ3n) is 5.44. The van der Waals surface area contributed by atoms with Gasteiger partial charge >= 0.3 is 0 Å². The molecular weight excluding hydrogens is 412 g/mol. The van der Waals surface area contributed by atoms with Crippen molar-refractivity contribution in [2.24, 2.45) is 0 Å². The van der Waals surface area contributed by atoms with Crippen LogP contribution in [-0.4, -0.2) is 39.4 Å². The van der Waals surface area contributed by atoms with Crippen molar-refractivity contribution in [1.29, 1.82) is 0 Å². The summed E-state index contributed by atoms with van der Waals surface area (Å²) in [5.74, 6) is -0.0623. The first-order chi connectivity index (χ1) is 16.1. The second-order valence-electron chi connectivity index (χ2n) is 7.70. The molecule has 0 fully saturated rings. The summed E-state index contributed by atoms with van der Waals surface area (Å²) in [6.07, 6.45) is 1.90. The molecule has 1 heterocycles. The molecule has 0 radical (unpaired) electrons. The van der Waals surface area contributed by atoms with Crippen LogP contribution >= 0.6 is 0 Å². The fourth-order valence-corrected chi connectivity index (χ4v) is 3.65. The van der Waals surface area contributed by atoms with Crippen molar-refractivity contribution in [2.75, 3.05) is 18.4 Å². The van der Waals surface area contributed by atoms with Gasteiger partial charge in [-0.05, 0) is 37.6 Å². The van der Waals surface area contributed by atoms with E-state index in [0.29, 0.717) is 18.1 Å². The van der Waals surface area contributed by atoms with E-state index in [1.54, 1.807) is 6.07 Å². The molecule has 6 heteroatoms. The van der Waals surface area contributed by atoms with Gasteiger partial charge in [0.25, 0.3) is 5.91 Å². The number of hydrogen-bond donors (Lipinski definition) is 1. The highest BCUT2D eigenvalue weighted by Gasteiger charge is 2.20. The quantitative estimate of drug-likeness (QED) is 0.444. The molecule has 0 bridgehead atoms. The predicted octanol–water partition coefficient (Wildman–Crippen LogP) is 4.95. The van der Waals surface area contributed by atoms with Crippen LogP contribution in [0.3, 0.4) is 0 Å². The first-order valence-corrected chi connectivity index (χ1v) is 10.9. The summed E-state index contributed by atoms with van der Waals surface area (Å²) in [5.41, 5.74) is 4.06. The average molecular weight is 439 g/mol. The Balaban J connectivity index is 1.58. The molecule has 0 aliphatic heterocycles. The number of likely N-dealkylation sites (N-methyl/N-ethyl adjacent to an activating group) is 1. The molecule has 0 aliphatic rings. The van der Waals surface area contributed by atoms with Crippen molar-refractivity contribution in [3.05, 3.63) is 102 Å². The van der Waals surface area contributed by atoms with Gasteiger partial charge in [0.1, 0.15) is 6.54 Å². The Bertz CT molecular complexity index is 1250. The van der Waals surface area contributed by atoms with Crippen LogP contribution in [0.2, 0.25) is 0 Å². The Morgan fingerprint density at radius 1 is 0.909 bits per heavy atom. The minimum Gasteiger partial charge on any atom is -0.330 e. The van der Waals surface area contributed by atoms with Crippen molar-refractivity contribution in [2.45, 2.75) is 13.8 Å². The predicted molar refractivity (Wildman–Crippen MR) is 130 cm³/mol. The van der Waals surface area contributed by atoms with Gasteiger partial charge in [0.15, 0.2) is 0 Å². The Morgan fingerprint density at radius 3 is 2.21 bits per heavy atom. The van der Waals surface area contributed by atoms with Crippen molar-refractivity contribution >= 4 is 17.8 Å². The fraction of sp³-hybridized carbons (Fsp3) is 0.148. The van der Waals surface area contributed by atoms with Gasteiger partial charge in [-0.2, -0.15) is 0 Å². The molecule has 0 spiro atoms. The molecular formula is C27H26N4O2. The molecule has 166 valence electrons. The van der Waals surface area contributed by atoms with Gasteiger partial charge in [-0.25, -0.2) is 4.98 Å². The highest BCUT2D eigenvalue weighted by molar-refractivity contribution is 5.99. The topological polar surface area (TPSA) is 67.2 Å². The second kappa shape index (κ2) is 9.96. The van der Waals surface area contributed by atoms with E-state index in [1.165, 1.54) is 4.90 Å².